The number of alkyl halides is 12. The molecule has 0 aromatic heterocycles. The van der Waals surface area contributed by atoms with Crippen molar-refractivity contribution in [2.75, 3.05) is 0 Å². The molecule has 1 aliphatic rings. The Kier molecular flexibility index (Phi) is 5.75. The molecule has 4 nitrogen and oxygen atoms in total. The van der Waals surface area contributed by atoms with E-state index in [2.05, 4.69) is 4.74 Å². The second-order valence-corrected chi connectivity index (χ2v) is 6.43. The number of halogens is 12. The minimum absolute atomic E-state index is 0.00375. The lowest BCUT2D eigenvalue weighted by molar-refractivity contribution is -0.397. The Bertz CT molecular complexity index is 718. The summed E-state index contributed by atoms with van der Waals surface area (Å²) < 4.78 is 171. The molecule has 0 heterocycles. The summed E-state index contributed by atoms with van der Waals surface area (Å²) in [5.74, 6) is -53.1. The van der Waals surface area contributed by atoms with Crippen molar-refractivity contribution in [1.29, 1.82) is 0 Å². The van der Waals surface area contributed by atoms with Crippen LogP contribution in [0.2, 0.25) is 0 Å². The predicted octanol–water partition coefficient (Wildman–Crippen LogP) is 4.39. The third-order valence-corrected chi connectivity index (χ3v) is 4.34. The van der Waals surface area contributed by atoms with Gasteiger partial charge < -0.3 is 9.84 Å². The molecule has 0 saturated heterocycles. The quantitative estimate of drug-likeness (QED) is 0.287. The molecule has 1 rings (SSSR count). The van der Waals surface area contributed by atoms with E-state index in [1.54, 1.807) is 0 Å². The van der Waals surface area contributed by atoms with Crippen LogP contribution in [0.5, 0.6) is 0 Å². The molecule has 0 aromatic carbocycles. The molecule has 0 aromatic rings. The first-order valence-electron chi connectivity index (χ1n) is 7.41. The fraction of sp³-hybridized carbons (Fsp3) is 0.714. The third-order valence-electron chi connectivity index (χ3n) is 4.34. The molecule has 0 spiro atoms. The summed E-state index contributed by atoms with van der Waals surface area (Å²) in [6.45, 7) is 0.00749. The Morgan fingerprint density at radius 1 is 0.667 bits per heavy atom. The topological polar surface area (TPSA) is 63.6 Å². The van der Waals surface area contributed by atoms with Gasteiger partial charge in [0.1, 0.15) is 0 Å². The first-order chi connectivity index (χ1) is 13.0. The standard InChI is InChI=1S/C14H10F12O4/c1-5(2)8(30-7(29)4-3-6(27)28)9(15,16)11(19,20)13(23,24)14(25,26)12(21,22)10(8,17)18/h3-5H,1-2H3,(H,27,28)/b4-3+. The molecule has 1 aliphatic carbocycles. The number of carboxylic acid groups (broad SMARTS) is 1. The number of carbonyl (C=O) groups is 2. The monoisotopic (exact) mass is 470 g/mol. The highest BCUT2D eigenvalue weighted by atomic mass is 19.4. The van der Waals surface area contributed by atoms with Crippen LogP contribution in [-0.4, -0.2) is 58.2 Å². The summed E-state index contributed by atoms with van der Waals surface area (Å²) in [4.78, 5) is 21.7. The Morgan fingerprint density at radius 2 is 0.967 bits per heavy atom. The van der Waals surface area contributed by atoms with Gasteiger partial charge in [0.2, 0.25) is 0 Å². The highest BCUT2D eigenvalue weighted by Gasteiger charge is 3.02. The van der Waals surface area contributed by atoms with E-state index in [0.29, 0.717) is 0 Å². The molecule has 0 amide bonds. The molecule has 174 valence electrons. The van der Waals surface area contributed by atoms with Gasteiger partial charge in [0.15, 0.2) is 0 Å². The number of hydrogen-bond donors (Lipinski definition) is 1. The van der Waals surface area contributed by atoms with Gasteiger partial charge in [-0.25, -0.2) is 9.59 Å². The molecule has 1 N–H and O–H groups in total. The minimum Gasteiger partial charge on any atom is -0.478 e. The van der Waals surface area contributed by atoms with Crippen molar-refractivity contribution in [3.63, 3.8) is 0 Å². The SMILES string of the molecule is CC(C)C1(OC(=O)/C=C/C(=O)O)C(F)(F)C(F)(F)C(F)(F)C(F)(F)C(F)(F)C1(F)F. The fourth-order valence-electron chi connectivity index (χ4n) is 2.76. The average molecular weight is 470 g/mol. The van der Waals surface area contributed by atoms with Gasteiger partial charge in [0.25, 0.3) is 5.60 Å². The molecule has 0 bridgehead atoms. The zero-order valence-electron chi connectivity index (χ0n) is 14.4. The zero-order chi connectivity index (χ0) is 24.4. The molecule has 0 unspecified atom stereocenters. The van der Waals surface area contributed by atoms with E-state index < -0.39 is 65.1 Å². The maximum absolute atomic E-state index is 14.5. The van der Waals surface area contributed by atoms with E-state index in [1.807, 2.05) is 0 Å². The maximum Gasteiger partial charge on any atom is 0.384 e. The lowest BCUT2D eigenvalue weighted by Gasteiger charge is -2.47. The van der Waals surface area contributed by atoms with Gasteiger partial charge in [0.05, 0.1) is 0 Å². The van der Waals surface area contributed by atoms with Gasteiger partial charge in [-0.05, 0) is 0 Å². The Morgan fingerprint density at radius 3 is 1.23 bits per heavy atom. The van der Waals surface area contributed by atoms with Gasteiger partial charge in [-0.3, -0.25) is 0 Å². The van der Waals surface area contributed by atoms with Crippen molar-refractivity contribution in [3.8, 4) is 0 Å². The van der Waals surface area contributed by atoms with Crippen molar-refractivity contribution in [2.45, 2.75) is 55.0 Å². The number of hydrogen-bond acceptors (Lipinski definition) is 3. The normalized spacial score (nSPS) is 27.4. The highest BCUT2D eigenvalue weighted by Crippen LogP contribution is 2.70. The summed E-state index contributed by atoms with van der Waals surface area (Å²) in [7, 11) is 0. The summed E-state index contributed by atoms with van der Waals surface area (Å²) in [5.41, 5.74) is -5.98. The van der Waals surface area contributed by atoms with E-state index in [1.165, 1.54) is 0 Å². The van der Waals surface area contributed by atoms with Crippen LogP contribution in [-0.2, 0) is 14.3 Å². The van der Waals surface area contributed by atoms with Crippen molar-refractivity contribution < 1.29 is 72.1 Å². The van der Waals surface area contributed by atoms with Crippen molar-refractivity contribution in [3.05, 3.63) is 12.2 Å². The van der Waals surface area contributed by atoms with Gasteiger partial charge in [-0.1, -0.05) is 13.8 Å². The number of carboxylic acids is 1. The summed E-state index contributed by atoms with van der Waals surface area (Å²) >= 11 is 0. The zero-order valence-corrected chi connectivity index (χ0v) is 14.4. The fourth-order valence-corrected chi connectivity index (χ4v) is 2.76. The minimum atomic E-state index is -7.75. The Hall–Kier alpha value is -2.16. The van der Waals surface area contributed by atoms with Crippen LogP contribution in [0, 0.1) is 5.92 Å². The highest BCUT2D eigenvalue weighted by molar-refractivity contribution is 5.91. The molecule has 0 radical (unpaired) electrons. The van der Waals surface area contributed by atoms with Crippen LogP contribution in [0.1, 0.15) is 13.8 Å². The largest absolute Gasteiger partial charge is 0.478 e. The molecule has 1 saturated carbocycles. The average Bonchev–Trinajstić information content (AvgIpc) is 2.55. The molecule has 1 fully saturated rings. The summed E-state index contributed by atoms with van der Waals surface area (Å²) in [6, 6.07) is 0. The van der Waals surface area contributed by atoms with Crippen LogP contribution >= 0.6 is 0 Å². The molecule has 30 heavy (non-hydrogen) atoms. The predicted molar refractivity (Wildman–Crippen MR) is 70.1 cm³/mol. The van der Waals surface area contributed by atoms with Crippen molar-refractivity contribution >= 4 is 11.9 Å². The van der Waals surface area contributed by atoms with Crippen LogP contribution in [0.3, 0.4) is 0 Å². The second-order valence-electron chi connectivity index (χ2n) is 6.43. The number of esters is 1. The molecule has 0 aliphatic heterocycles. The lowest BCUT2D eigenvalue weighted by Crippen LogP contribution is -2.74. The van der Waals surface area contributed by atoms with Crippen molar-refractivity contribution in [1.82, 2.24) is 0 Å². The van der Waals surface area contributed by atoms with Crippen LogP contribution < -0.4 is 0 Å². The molecule has 16 heteroatoms. The second kappa shape index (κ2) is 6.67. The Balaban J connectivity index is 4.11. The molecular weight excluding hydrogens is 460 g/mol. The third kappa shape index (κ3) is 2.70. The number of rotatable bonds is 4. The Labute approximate surface area is 158 Å². The van der Waals surface area contributed by atoms with Crippen LogP contribution in [0.25, 0.3) is 0 Å². The summed E-state index contributed by atoms with van der Waals surface area (Å²) in [5, 5.41) is 8.27. The van der Waals surface area contributed by atoms with E-state index in [9.17, 15) is 62.3 Å². The maximum atomic E-state index is 14.5. The van der Waals surface area contributed by atoms with E-state index in [4.69, 9.17) is 5.11 Å². The van der Waals surface area contributed by atoms with Crippen LogP contribution in [0.4, 0.5) is 52.7 Å². The van der Waals surface area contributed by atoms with Crippen molar-refractivity contribution in [2.24, 2.45) is 5.92 Å². The molecule has 0 atom stereocenters. The smallest absolute Gasteiger partial charge is 0.384 e. The van der Waals surface area contributed by atoms with E-state index in [-0.39, 0.29) is 19.9 Å². The van der Waals surface area contributed by atoms with Gasteiger partial charge in [0, 0.05) is 18.1 Å². The summed E-state index contributed by atoms with van der Waals surface area (Å²) in [6.07, 6.45) is -0.793. The van der Waals surface area contributed by atoms with Crippen LogP contribution in [0.15, 0.2) is 12.2 Å². The first kappa shape index (κ1) is 25.9. The van der Waals surface area contributed by atoms with Gasteiger partial charge >= 0.3 is 47.5 Å². The van der Waals surface area contributed by atoms with E-state index >= 15 is 0 Å². The molecular formula is C14H10F12O4. The number of carbonyl (C=O) groups excluding carboxylic acids is 1. The lowest BCUT2D eigenvalue weighted by atomic mass is 9.75. The van der Waals surface area contributed by atoms with E-state index in [0.717, 1.165) is 0 Å². The van der Waals surface area contributed by atoms with Gasteiger partial charge in [-0.15, -0.1) is 0 Å². The first-order valence-corrected chi connectivity index (χ1v) is 7.41. The number of aliphatic carboxylic acids is 1. The van der Waals surface area contributed by atoms with Gasteiger partial charge in [-0.2, -0.15) is 52.7 Å². The number of ether oxygens (including phenoxy) is 1.